The van der Waals surface area contributed by atoms with Crippen molar-refractivity contribution in [1.29, 1.82) is 0 Å². The van der Waals surface area contributed by atoms with Crippen molar-refractivity contribution in [3.05, 3.63) is 47.1 Å². The average molecular weight is 354 g/mol. The van der Waals surface area contributed by atoms with Crippen molar-refractivity contribution in [3.63, 3.8) is 0 Å². The summed E-state index contributed by atoms with van der Waals surface area (Å²) < 4.78 is 10.1. The Morgan fingerprint density at radius 1 is 1.04 bits per heavy atom. The molecule has 0 saturated carbocycles. The van der Waals surface area contributed by atoms with Crippen LogP contribution in [0.15, 0.2) is 47.1 Å². The standard InChI is InChI=1S/C17H22O8/c1-4-6-25-17(23)14(10-24-7-5-18)13(8-11(2)15(19)20)9-12(3)16(21)22/h4,8-9,18H,1,5-7,10H2,2-3H3,(H,19,20)(H,21,22). The van der Waals surface area contributed by atoms with Gasteiger partial charge in [-0.05, 0) is 31.6 Å². The molecule has 0 atom stereocenters. The van der Waals surface area contributed by atoms with Crippen LogP contribution in [-0.2, 0) is 23.9 Å². The van der Waals surface area contributed by atoms with Crippen molar-refractivity contribution in [2.75, 3.05) is 26.4 Å². The highest BCUT2D eigenvalue weighted by Crippen LogP contribution is 2.16. The molecule has 0 aliphatic rings. The van der Waals surface area contributed by atoms with Crippen LogP contribution in [0.4, 0.5) is 0 Å². The molecule has 8 heteroatoms. The van der Waals surface area contributed by atoms with Crippen molar-refractivity contribution >= 4 is 17.9 Å². The maximum absolute atomic E-state index is 12.2. The number of hydrogen-bond acceptors (Lipinski definition) is 6. The summed E-state index contributed by atoms with van der Waals surface area (Å²) in [4.78, 5) is 34.3. The topological polar surface area (TPSA) is 130 Å². The predicted molar refractivity (Wildman–Crippen MR) is 88.9 cm³/mol. The summed E-state index contributed by atoms with van der Waals surface area (Å²) in [5, 5.41) is 26.8. The van der Waals surface area contributed by atoms with E-state index in [1.165, 1.54) is 19.9 Å². The van der Waals surface area contributed by atoms with Gasteiger partial charge in [0, 0.05) is 11.1 Å². The number of aliphatic carboxylic acids is 2. The Bertz CT molecular complexity index is 578. The normalized spacial score (nSPS) is 11.6. The zero-order valence-corrected chi connectivity index (χ0v) is 14.2. The molecular formula is C17H22O8. The van der Waals surface area contributed by atoms with E-state index >= 15 is 0 Å². The second kappa shape index (κ2) is 11.8. The van der Waals surface area contributed by atoms with Crippen LogP contribution < -0.4 is 0 Å². The van der Waals surface area contributed by atoms with Crippen LogP contribution in [0.2, 0.25) is 0 Å². The third kappa shape index (κ3) is 8.63. The van der Waals surface area contributed by atoms with E-state index in [0.29, 0.717) is 0 Å². The van der Waals surface area contributed by atoms with E-state index < -0.39 is 17.9 Å². The van der Waals surface area contributed by atoms with Crippen LogP contribution in [0.3, 0.4) is 0 Å². The summed E-state index contributed by atoms with van der Waals surface area (Å²) >= 11 is 0. The highest BCUT2D eigenvalue weighted by atomic mass is 16.5. The van der Waals surface area contributed by atoms with Crippen molar-refractivity contribution in [2.45, 2.75) is 13.8 Å². The van der Waals surface area contributed by atoms with Crippen LogP contribution in [0.25, 0.3) is 0 Å². The molecule has 8 nitrogen and oxygen atoms in total. The van der Waals surface area contributed by atoms with Gasteiger partial charge in [-0.2, -0.15) is 0 Å². The van der Waals surface area contributed by atoms with Crippen LogP contribution in [-0.4, -0.2) is 59.7 Å². The second-order valence-corrected chi connectivity index (χ2v) is 4.86. The molecule has 0 heterocycles. The average Bonchev–Trinajstić information content (AvgIpc) is 2.55. The molecule has 0 amide bonds. The molecule has 0 bridgehead atoms. The van der Waals surface area contributed by atoms with Crippen LogP contribution >= 0.6 is 0 Å². The lowest BCUT2D eigenvalue weighted by Gasteiger charge is -2.11. The Morgan fingerprint density at radius 2 is 1.56 bits per heavy atom. The highest BCUT2D eigenvalue weighted by Gasteiger charge is 2.17. The molecule has 3 N–H and O–H groups in total. The summed E-state index contributed by atoms with van der Waals surface area (Å²) in [7, 11) is 0. The first-order valence-electron chi connectivity index (χ1n) is 7.27. The van der Waals surface area contributed by atoms with Gasteiger partial charge in [0.25, 0.3) is 0 Å². The van der Waals surface area contributed by atoms with E-state index in [0.717, 1.165) is 12.2 Å². The number of rotatable bonds is 11. The van der Waals surface area contributed by atoms with E-state index in [2.05, 4.69) is 6.58 Å². The fourth-order valence-corrected chi connectivity index (χ4v) is 1.53. The minimum Gasteiger partial charge on any atom is -0.478 e. The highest BCUT2D eigenvalue weighted by molar-refractivity contribution is 5.94. The molecule has 0 rings (SSSR count). The number of esters is 1. The zero-order valence-electron chi connectivity index (χ0n) is 14.2. The van der Waals surface area contributed by atoms with Gasteiger partial charge in [0.1, 0.15) is 6.61 Å². The van der Waals surface area contributed by atoms with E-state index in [1.54, 1.807) is 0 Å². The van der Waals surface area contributed by atoms with Gasteiger partial charge in [-0.3, -0.25) is 0 Å². The summed E-state index contributed by atoms with van der Waals surface area (Å²) in [6.45, 7) is 5.30. The van der Waals surface area contributed by atoms with Gasteiger partial charge in [0.05, 0.1) is 25.4 Å². The molecule has 0 aromatic rings. The molecule has 0 radical (unpaired) electrons. The molecule has 0 aromatic carbocycles. The smallest absolute Gasteiger partial charge is 0.337 e. The van der Waals surface area contributed by atoms with Gasteiger partial charge in [-0.1, -0.05) is 12.7 Å². The maximum atomic E-state index is 12.2. The number of ether oxygens (including phenoxy) is 2. The quantitative estimate of drug-likeness (QED) is 0.165. The molecule has 0 spiro atoms. The van der Waals surface area contributed by atoms with Crippen molar-refractivity contribution in [3.8, 4) is 0 Å². The molecule has 0 fully saturated rings. The van der Waals surface area contributed by atoms with E-state index in [9.17, 15) is 14.4 Å². The Labute approximate surface area is 145 Å². The van der Waals surface area contributed by atoms with Gasteiger partial charge in [-0.15, -0.1) is 0 Å². The van der Waals surface area contributed by atoms with Gasteiger partial charge in [0.15, 0.2) is 0 Å². The molecule has 0 aliphatic carbocycles. The summed E-state index contributed by atoms with van der Waals surface area (Å²) in [5.74, 6) is -3.26. The van der Waals surface area contributed by atoms with E-state index in [-0.39, 0.29) is 48.7 Å². The molecular weight excluding hydrogens is 332 g/mol. The van der Waals surface area contributed by atoms with Gasteiger partial charge < -0.3 is 24.8 Å². The maximum Gasteiger partial charge on any atom is 0.337 e. The first-order chi connectivity index (χ1) is 11.7. The number of aliphatic hydroxyl groups excluding tert-OH is 1. The fourth-order valence-electron chi connectivity index (χ4n) is 1.53. The molecule has 25 heavy (non-hydrogen) atoms. The van der Waals surface area contributed by atoms with Crippen LogP contribution in [0, 0.1) is 0 Å². The van der Waals surface area contributed by atoms with Gasteiger partial charge in [0.2, 0.25) is 0 Å². The molecule has 0 aliphatic heterocycles. The number of carbonyl (C=O) groups excluding carboxylic acids is 1. The molecule has 0 saturated heterocycles. The minimum absolute atomic E-state index is 0.0341. The Hall–Kier alpha value is -2.71. The molecule has 0 unspecified atom stereocenters. The second-order valence-electron chi connectivity index (χ2n) is 4.86. The Kier molecular flexibility index (Phi) is 10.5. The number of carboxylic acid groups (broad SMARTS) is 2. The van der Waals surface area contributed by atoms with Crippen molar-refractivity contribution in [2.24, 2.45) is 0 Å². The first-order valence-corrected chi connectivity index (χ1v) is 7.27. The zero-order chi connectivity index (χ0) is 19.4. The number of carboxylic acids is 2. The third-order valence-corrected chi connectivity index (χ3v) is 2.83. The lowest BCUT2D eigenvalue weighted by atomic mass is 10.0. The number of carbonyl (C=O) groups is 3. The SMILES string of the molecule is C=CCOC(=O)C(COCCO)=C(C=C(C)C(=O)O)C=C(C)C(=O)O. The Morgan fingerprint density at radius 3 is 1.96 bits per heavy atom. The lowest BCUT2D eigenvalue weighted by Crippen LogP contribution is -2.16. The van der Waals surface area contributed by atoms with E-state index in [1.807, 2.05) is 0 Å². The first kappa shape index (κ1) is 22.3. The Balaban J connectivity index is 6.16. The minimum atomic E-state index is -1.23. The summed E-state index contributed by atoms with van der Waals surface area (Å²) in [6, 6.07) is 0. The van der Waals surface area contributed by atoms with Crippen LogP contribution in [0.5, 0.6) is 0 Å². The monoisotopic (exact) mass is 354 g/mol. The van der Waals surface area contributed by atoms with Crippen molar-refractivity contribution < 1.29 is 39.2 Å². The number of allylic oxidation sites excluding steroid dienone is 3. The van der Waals surface area contributed by atoms with Gasteiger partial charge >= 0.3 is 17.9 Å². The predicted octanol–water partition coefficient (Wildman–Crippen LogP) is 1.08. The van der Waals surface area contributed by atoms with Crippen LogP contribution in [0.1, 0.15) is 13.8 Å². The summed E-state index contributed by atoms with van der Waals surface area (Å²) in [6.07, 6.45) is 3.66. The fraction of sp³-hybridized carbons (Fsp3) is 0.353. The van der Waals surface area contributed by atoms with Gasteiger partial charge in [-0.25, -0.2) is 14.4 Å². The van der Waals surface area contributed by atoms with Crippen molar-refractivity contribution in [1.82, 2.24) is 0 Å². The number of aliphatic hydroxyl groups is 1. The molecule has 0 aromatic heterocycles. The molecule has 138 valence electrons. The third-order valence-electron chi connectivity index (χ3n) is 2.83. The largest absolute Gasteiger partial charge is 0.478 e. The number of hydrogen-bond donors (Lipinski definition) is 3. The summed E-state index contributed by atoms with van der Waals surface area (Å²) in [5.41, 5.74) is -0.260. The lowest BCUT2D eigenvalue weighted by molar-refractivity contribution is -0.138. The van der Waals surface area contributed by atoms with E-state index in [4.69, 9.17) is 24.8 Å².